The first-order valence-corrected chi connectivity index (χ1v) is 11.5. The third-order valence-corrected chi connectivity index (χ3v) is 6.05. The van der Waals surface area contributed by atoms with Gasteiger partial charge in [-0.15, -0.1) is 0 Å². The summed E-state index contributed by atoms with van der Waals surface area (Å²) in [5, 5.41) is 7.00. The zero-order chi connectivity index (χ0) is 21.5. The van der Waals surface area contributed by atoms with Crippen molar-refractivity contribution in [1.29, 1.82) is 0 Å². The van der Waals surface area contributed by atoms with Crippen LogP contribution in [0.1, 0.15) is 35.2 Å². The maximum absolute atomic E-state index is 12.6. The van der Waals surface area contributed by atoms with Gasteiger partial charge in [-0.25, -0.2) is 0 Å². The second-order valence-corrected chi connectivity index (χ2v) is 8.41. The number of carbonyl (C=O) groups is 1. The monoisotopic (exact) mass is 438 g/mol. The van der Waals surface area contributed by atoms with Gasteiger partial charge in [-0.3, -0.25) is 4.79 Å². The highest BCUT2D eigenvalue weighted by Crippen LogP contribution is 2.17. The van der Waals surface area contributed by atoms with Crippen LogP contribution in [0.25, 0.3) is 0 Å². The van der Waals surface area contributed by atoms with E-state index in [9.17, 15) is 4.79 Å². The molecular formula is C24H30N4O2S. The van der Waals surface area contributed by atoms with Crippen LogP contribution in [0.4, 0.5) is 11.4 Å². The van der Waals surface area contributed by atoms with Crippen molar-refractivity contribution in [3.63, 3.8) is 0 Å². The highest BCUT2D eigenvalue weighted by molar-refractivity contribution is 7.80. The number of benzene rings is 2. The van der Waals surface area contributed by atoms with Crippen LogP contribution in [0.15, 0.2) is 48.5 Å². The lowest BCUT2D eigenvalue weighted by molar-refractivity contribution is 0.0724. The molecule has 2 fully saturated rings. The Hall–Kier alpha value is -2.64. The van der Waals surface area contributed by atoms with Gasteiger partial charge in [-0.2, -0.15) is 0 Å². The number of ether oxygens (including phenoxy) is 1. The van der Waals surface area contributed by atoms with Crippen molar-refractivity contribution in [3.8, 4) is 0 Å². The van der Waals surface area contributed by atoms with E-state index in [1.54, 1.807) is 0 Å². The molecule has 2 aliphatic rings. The van der Waals surface area contributed by atoms with Gasteiger partial charge in [-0.1, -0.05) is 12.1 Å². The summed E-state index contributed by atoms with van der Waals surface area (Å²) in [7, 11) is 0. The van der Waals surface area contributed by atoms with E-state index in [-0.39, 0.29) is 5.91 Å². The van der Waals surface area contributed by atoms with E-state index in [1.165, 1.54) is 17.7 Å². The van der Waals surface area contributed by atoms with Gasteiger partial charge in [0.2, 0.25) is 0 Å². The number of hydrogen-bond acceptors (Lipinski definition) is 4. The Morgan fingerprint density at radius 2 is 1.58 bits per heavy atom. The van der Waals surface area contributed by atoms with Crippen LogP contribution >= 0.6 is 12.2 Å². The topological polar surface area (TPSA) is 56.8 Å². The van der Waals surface area contributed by atoms with Crippen LogP contribution in [0.5, 0.6) is 0 Å². The number of hydrogen-bond donors (Lipinski definition) is 2. The largest absolute Gasteiger partial charge is 0.378 e. The standard InChI is InChI=1S/C24H30N4O2S/c29-23(28-12-2-1-3-13-28)20-6-8-21(9-7-20)26-24(31)25-18-19-4-10-22(11-5-19)27-14-16-30-17-15-27/h4-11H,1-3,12-18H2,(H2,25,26,31). The normalized spacial score (nSPS) is 16.6. The van der Waals surface area contributed by atoms with Crippen LogP contribution in [-0.4, -0.2) is 55.3 Å². The SMILES string of the molecule is O=C(c1ccc(NC(=S)NCc2ccc(N3CCOCC3)cc2)cc1)N1CCCCC1. The second-order valence-electron chi connectivity index (χ2n) is 8.00. The van der Waals surface area contributed by atoms with E-state index >= 15 is 0 Å². The molecule has 0 saturated carbocycles. The number of nitrogens with one attached hydrogen (secondary N) is 2. The Balaban J connectivity index is 1.24. The lowest BCUT2D eigenvalue weighted by Gasteiger charge is -2.28. The molecule has 1 amide bonds. The molecule has 164 valence electrons. The molecule has 2 saturated heterocycles. The lowest BCUT2D eigenvalue weighted by Crippen LogP contribution is -2.36. The summed E-state index contributed by atoms with van der Waals surface area (Å²) < 4.78 is 5.41. The lowest BCUT2D eigenvalue weighted by atomic mass is 10.1. The summed E-state index contributed by atoms with van der Waals surface area (Å²) in [6, 6.07) is 16.1. The second kappa shape index (κ2) is 10.6. The van der Waals surface area contributed by atoms with Crippen molar-refractivity contribution in [1.82, 2.24) is 10.2 Å². The minimum atomic E-state index is 0.118. The van der Waals surface area contributed by atoms with Crippen LogP contribution < -0.4 is 15.5 Å². The Kier molecular flexibility index (Phi) is 7.38. The zero-order valence-corrected chi connectivity index (χ0v) is 18.6. The Bertz CT molecular complexity index is 873. The summed E-state index contributed by atoms with van der Waals surface area (Å²) in [6.45, 7) is 5.83. The van der Waals surface area contributed by atoms with Gasteiger partial charge in [0.1, 0.15) is 0 Å². The van der Waals surface area contributed by atoms with Crippen molar-refractivity contribution in [2.24, 2.45) is 0 Å². The number of amides is 1. The Morgan fingerprint density at radius 1 is 0.903 bits per heavy atom. The van der Waals surface area contributed by atoms with E-state index < -0.39 is 0 Å². The minimum absolute atomic E-state index is 0.118. The zero-order valence-electron chi connectivity index (χ0n) is 17.8. The third kappa shape index (κ3) is 5.95. The molecular weight excluding hydrogens is 408 g/mol. The van der Waals surface area contributed by atoms with Crippen molar-refractivity contribution in [2.75, 3.05) is 49.6 Å². The van der Waals surface area contributed by atoms with E-state index in [2.05, 4.69) is 39.8 Å². The molecule has 6 nitrogen and oxygen atoms in total. The summed E-state index contributed by atoms with van der Waals surface area (Å²) in [5.74, 6) is 0.118. The molecule has 0 bridgehead atoms. The van der Waals surface area contributed by atoms with E-state index in [0.29, 0.717) is 11.7 Å². The highest BCUT2D eigenvalue weighted by atomic mass is 32.1. The molecule has 2 heterocycles. The highest BCUT2D eigenvalue weighted by Gasteiger charge is 2.18. The average molecular weight is 439 g/mol. The van der Waals surface area contributed by atoms with E-state index in [0.717, 1.165) is 63.5 Å². The number of nitrogens with zero attached hydrogens (tertiary/aromatic N) is 2. The predicted molar refractivity (Wildman–Crippen MR) is 129 cm³/mol. The first kappa shape index (κ1) is 21.6. The molecule has 0 unspecified atom stereocenters. The molecule has 4 rings (SSSR count). The van der Waals surface area contributed by atoms with Gasteiger partial charge in [0.15, 0.2) is 5.11 Å². The molecule has 0 atom stereocenters. The van der Waals surface area contributed by atoms with Gasteiger partial charge >= 0.3 is 0 Å². The van der Waals surface area contributed by atoms with Gasteiger partial charge in [0.25, 0.3) is 5.91 Å². The fraction of sp³-hybridized carbons (Fsp3) is 0.417. The maximum atomic E-state index is 12.6. The number of morpholine rings is 1. The van der Waals surface area contributed by atoms with E-state index in [4.69, 9.17) is 17.0 Å². The van der Waals surface area contributed by atoms with Gasteiger partial charge in [0.05, 0.1) is 13.2 Å². The number of likely N-dealkylation sites (tertiary alicyclic amines) is 1. The molecule has 2 aliphatic heterocycles. The number of carbonyl (C=O) groups excluding carboxylic acids is 1. The molecule has 0 spiro atoms. The third-order valence-electron chi connectivity index (χ3n) is 5.80. The molecule has 0 aromatic heterocycles. The van der Waals surface area contributed by atoms with Crippen LogP contribution in [0.2, 0.25) is 0 Å². The fourth-order valence-electron chi connectivity index (χ4n) is 3.98. The number of piperidine rings is 1. The van der Waals surface area contributed by atoms with Crippen molar-refractivity contribution in [3.05, 3.63) is 59.7 Å². The number of anilines is 2. The average Bonchev–Trinajstić information content (AvgIpc) is 2.84. The summed E-state index contributed by atoms with van der Waals surface area (Å²) in [5.41, 5.74) is 4.00. The van der Waals surface area contributed by atoms with Crippen molar-refractivity contribution in [2.45, 2.75) is 25.8 Å². The van der Waals surface area contributed by atoms with Gasteiger partial charge in [0, 0.05) is 49.7 Å². The molecule has 2 N–H and O–H groups in total. The first-order valence-electron chi connectivity index (χ1n) is 11.0. The molecule has 0 aliphatic carbocycles. The van der Waals surface area contributed by atoms with Crippen LogP contribution in [0.3, 0.4) is 0 Å². The van der Waals surface area contributed by atoms with Crippen molar-refractivity contribution < 1.29 is 9.53 Å². The Morgan fingerprint density at radius 3 is 2.26 bits per heavy atom. The van der Waals surface area contributed by atoms with Gasteiger partial charge in [-0.05, 0) is 73.4 Å². The Labute approximate surface area is 189 Å². The molecule has 7 heteroatoms. The van der Waals surface area contributed by atoms with E-state index in [1.807, 2.05) is 29.2 Å². The molecule has 2 aromatic carbocycles. The number of thiocarbonyl (C=S) groups is 1. The minimum Gasteiger partial charge on any atom is -0.378 e. The van der Waals surface area contributed by atoms with Crippen LogP contribution in [-0.2, 0) is 11.3 Å². The van der Waals surface area contributed by atoms with Crippen LogP contribution in [0, 0.1) is 0 Å². The van der Waals surface area contributed by atoms with Crippen molar-refractivity contribution >= 4 is 34.6 Å². The maximum Gasteiger partial charge on any atom is 0.253 e. The quantitative estimate of drug-likeness (QED) is 0.696. The fourth-order valence-corrected chi connectivity index (χ4v) is 4.17. The molecule has 31 heavy (non-hydrogen) atoms. The molecule has 2 aromatic rings. The first-order chi connectivity index (χ1) is 15.2. The predicted octanol–water partition coefficient (Wildman–Crippen LogP) is 3.64. The summed E-state index contributed by atoms with van der Waals surface area (Å²) in [4.78, 5) is 16.9. The summed E-state index contributed by atoms with van der Waals surface area (Å²) >= 11 is 5.43. The van der Waals surface area contributed by atoms with Gasteiger partial charge < -0.3 is 25.2 Å². The number of rotatable bonds is 5. The smallest absolute Gasteiger partial charge is 0.253 e. The molecule has 0 radical (unpaired) electrons. The summed E-state index contributed by atoms with van der Waals surface area (Å²) in [6.07, 6.45) is 3.41.